The minimum absolute atomic E-state index is 0.554. The Morgan fingerprint density at radius 1 is 1.21 bits per heavy atom. The average Bonchev–Trinajstić information content (AvgIpc) is 2.93. The van der Waals surface area contributed by atoms with Crippen molar-refractivity contribution in [2.24, 2.45) is 5.41 Å². The van der Waals surface area contributed by atoms with E-state index < -0.39 is 11.4 Å². The predicted molar refractivity (Wildman–Crippen MR) is 110 cm³/mol. The Labute approximate surface area is 170 Å². The second-order valence-corrected chi connectivity index (χ2v) is 8.56. The molecular formula is C21H25ClN4O2. The first-order chi connectivity index (χ1) is 13.3. The number of carbonyl (C=O) groups is 1. The fourth-order valence-electron chi connectivity index (χ4n) is 3.92. The lowest BCUT2D eigenvalue weighted by molar-refractivity contribution is -0.148. The van der Waals surface area contributed by atoms with Crippen LogP contribution in [-0.2, 0) is 11.3 Å². The number of aromatic nitrogens is 2. The van der Waals surface area contributed by atoms with E-state index in [0.29, 0.717) is 18.2 Å². The molecule has 2 aliphatic heterocycles. The van der Waals surface area contributed by atoms with Gasteiger partial charge in [-0.15, -0.1) is 0 Å². The summed E-state index contributed by atoms with van der Waals surface area (Å²) in [4.78, 5) is 20.6. The molecule has 1 N–H and O–H groups in total. The topological polar surface area (TPSA) is 61.6 Å². The molecule has 0 aliphatic carbocycles. The molecule has 2 aliphatic rings. The van der Waals surface area contributed by atoms with Gasteiger partial charge in [-0.1, -0.05) is 35.9 Å². The average molecular weight is 401 g/mol. The van der Waals surface area contributed by atoms with E-state index in [9.17, 15) is 9.90 Å². The zero-order valence-electron chi connectivity index (χ0n) is 16.2. The molecule has 7 heteroatoms. The molecule has 0 saturated carbocycles. The lowest BCUT2D eigenvalue weighted by Gasteiger charge is -2.39. The molecule has 2 aromatic rings. The lowest BCUT2D eigenvalue weighted by Crippen LogP contribution is -2.49. The molecular weight excluding hydrogens is 376 g/mol. The highest BCUT2D eigenvalue weighted by atomic mass is 35.5. The Bertz CT molecular complexity index is 926. The largest absolute Gasteiger partial charge is 0.481 e. The van der Waals surface area contributed by atoms with Crippen molar-refractivity contribution >= 4 is 29.3 Å². The number of halogens is 1. The van der Waals surface area contributed by atoms with E-state index in [0.717, 1.165) is 37.7 Å². The van der Waals surface area contributed by atoms with Crippen molar-refractivity contribution in [1.29, 1.82) is 0 Å². The number of benzene rings is 1. The van der Waals surface area contributed by atoms with Crippen LogP contribution in [0.5, 0.6) is 0 Å². The van der Waals surface area contributed by atoms with Crippen molar-refractivity contribution in [2.45, 2.75) is 20.4 Å². The highest BCUT2D eigenvalue weighted by molar-refractivity contribution is 6.29. The first kappa shape index (κ1) is 19.0. The van der Waals surface area contributed by atoms with E-state index in [1.54, 1.807) is 20.0 Å². The molecule has 0 unspecified atom stereocenters. The van der Waals surface area contributed by atoms with Crippen LogP contribution in [0.3, 0.4) is 0 Å². The van der Waals surface area contributed by atoms with E-state index in [2.05, 4.69) is 43.6 Å². The van der Waals surface area contributed by atoms with Gasteiger partial charge in [0.25, 0.3) is 0 Å². The van der Waals surface area contributed by atoms with E-state index in [-0.39, 0.29) is 0 Å². The van der Waals surface area contributed by atoms with E-state index in [1.807, 2.05) is 6.07 Å². The summed E-state index contributed by atoms with van der Waals surface area (Å²) in [6.45, 7) is 8.13. The van der Waals surface area contributed by atoms with Crippen molar-refractivity contribution in [3.05, 3.63) is 52.6 Å². The Morgan fingerprint density at radius 2 is 1.93 bits per heavy atom. The third-order valence-corrected chi connectivity index (χ3v) is 5.92. The van der Waals surface area contributed by atoms with E-state index in [4.69, 9.17) is 11.6 Å². The fraction of sp³-hybridized carbons (Fsp3) is 0.429. The number of carboxylic acid groups (broad SMARTS) is 1. The van der Waals surface area contributed by atoms with Gasteiger partial charge < -0.3 is 14.6 Å². The summed E-state index contributed by atoms with van der Waals surface area (Å²) < 4.78 is 2.05. The molecule has 148 valence electrons. The summed E-state index contributed by atoms with van der Waals surface area (Å²) in [5.74, 6) is 0.134. The van der Waals surface area contributed by atoms with E-state index >= 15 is 0 Å². The second kappa shape index (κ2) is 7.26. The summed E-state index contributed by atoms with van der Waals surface area (Å²) in [5.41, 5.74) is 2.75. The minimum atomic E-state index is -0.755. The quantitative estimate of drug-likeness (QED) is 0.854. The number of rotatable bonds is 4. The van der Waals surface area contributed by atoms with Crippen molar-refractivity contribution < 1.29 is 9.90 Å². The third kappa shape index (κ3) is 3.54. The van der Waals surface area contributed by atoms with Crippen LogP contribution in [0.25, 0.3) is 11.8 Å². The van der Waals surface area contributed by atoms with Crippen LogP contribution >= 0.6 is 11.6 Å². The highest BCUT2D eigenvalue weighted by Gasteiger charge is 2.32. The Morgan fingerprint density at radius 3 is 2.64 bits per heavy atom. The standard InChI is InChI=1S/C21H25ClN4O2/c1-21(2,20(27)28)14-24-7-9-25(10-8-24)17-11-15-5-3-4-6-16(15)13-26-18(22)12-23-19(17)26/h3-6,11-12H,7-10,13-14H2,1-2H3,(H,27,28). The zero-order chi connectivity index (χ0) is 19.9. The van der Waals surface area contributed by atoms with Gasteiger partial charge >= 0.3 is 5.97 Å². The molecule has 6 nitrogen and oxygen atoms in total. The lowest BCUT2D eigenvalue weighted by atomic mass is 9.93. The van der Waals surface area contributed by atoms with Crippen molar-refractivity contribution in [1.82, 2.24) is 19.4 Å². The molecule has 0 radical (unpaired) electrons. The maximum Gasteiger partial charge on any atom is 0.310 e. The maximum atomic E-state index is 11.4. The Balaban J connectivity index is 1.57. The van der Waals surface area contributed by atoms with Crippen LogP contribution in [-0.4, -0.2) is 63.2 Å². The van der Waals surface area contributed by atoms with Gasteiger partial charge in [0.15, 0.2) is 5.82 Å². The molecule has 0 spiro atoms. The molecule has 0 atom stereocenters. The number of hydrogen-bond donors (Lipinski definition) is 1. The molecule has 1 fully saturated rings. The Kier molecular flexibility index (Phi) is 4.93. The number of piperazine rings is 1. The molecule has 4 rings (SSSR count). The van der Waals surface area contributed by atoms with Crippen molar-refractivity contribution in [2.75, 3.05) is 32.7 Å². The maximum absolute atomic E-state index is 11.4. The van der Waals surface area contributed by atoms with Gasteiger partial charge in [-0.25, -0.2) is 4.98 Å². The zero-order valence-corrected chi connectivity index (χ0v) is 17.0. The van der Waals surface area contributed by atoms with Crippen LogP contribution in [0.2, 0.25) is 5.15 Å². The van der Waals surface area contributed by atoms with Crippen molar-refractivity contribution in [3.8, 4) is 0 Å². The van der Waals surface area contributed by atoms with Crippen LogP contribution in [0.1, 0.15) is 30.8 Å². The van der Waals surface area contributed by atoms with Gasteiger partial charge in [-0.05, 0) is 31.1 Å². The second-order valence-electron chi connectivity index (χ2n) is 8.17. The predicted octanol–water partition coefficient (Wildman–Crippen LogP) is 3.12. The summed E-state index contributed by atoms with van der Waals surface area (Å²) in [7, 11) is 0. The van der Waals surface area contributed by atoms with Gasteiger partial charge in [0.2, 0.25) is 0 Å². The van der Waals surface area contributed by atoms with Crippen LogP contribution in [0.15, 0.2) is 30.5 Å². The molecule has 0 amide bonds. The molecule has 1 saturated heterocycles. The number of hydrogen-bond acceptors (Lipinski definition) is 4. The molecule has 1 aromatic heterocycles. The smallest absolute Gasteiger partial charge is 0.310 e. The monoisotopic (exact) mass is 400 g/mol. The molecule has 1 aromatic carbocycles. The molecule has 28 heavy (non-hydrogen) atoms. The summed E-state index contributed by atoms with van der Waals surface area (Å²) >= 11 is 6.42. The number of carboxylic acids is 1. The summed E-state index contributed by atoms with van der Waals surface area (Å²) in [5, 5.41) is 10.0. The first-order valence-electron chi connectivity index (χ1n) is 9.57. The number of fused-ring (bicyclic) bond motifs is 2. The van der Waals surface area contributed by atoms with Crippen molar-refractivity contribution in [3.63, 3.8) is 0 Å². The normalized spacial score (nSPS) is 17.5. The summed E-state index contributed by atoms with van der Waals surface area (Å²) in [6, 6.07) is 8.35. The van der Waals surface area contributed by atoms with Gasteiger partial charge in [-0.3, -0.25) is 9.69 Å². The minimum Gasteiger partial charge on any atom is -0.481 e. The van der Waals surface area contributed by atoms with E-state index in [1.165, 1.54) is 11.1 Å². The van der Waals surface area contributed by atoms with Gasteiger partial charge in [0.05, 0.1) is 23.9 Å². The van der Waals surface area contributed by atoms with Crippen LogP contribution < -0.4 is 0 Å². The molecule has 3 heterocycles. The summed E-state index contributed by atoms with van der Waals surface area (Å²) in [6.07, 6.45) is 3.92. The SMILES string of the molecule is CC(C)(CN1CCN(C2=Cc3ccccc3Cn3c(Cl)cnc32)CC1)C(=O)O. The fourth-order valence-corrected chi connectivity index (χ4v) is 4.11. The third-order valence-electron chi connectivity index (χ3n) is 5.62. The molecule has 0 bridgehead atoms. The van der Waals surface area contributed by atoms with Gasteiger partial charge in [0.1, 0.15) is 5.15 Å². The van der Waals surface area contributed by atoms with Crippen LogP contribution in [0.4, 0.5) is 0 Å². The number of aliphatic carboxylic acids is 1. The first-order valence-corrected chi connectivity index (χ1v) is 9.95. The van der Waals surface area contributed by atoms with Gasteiger partial charge in [0, 0.05) is 32.7 Å². The number of imidazole rings is 1. The van der Waals surface area contributed by atoms with Crippen LogP contribution in [0, 0.1) is 5.41 Å². The number of nitrogens with zero attached hydrogens (tertiary/aromatic N) is 4. The highest BCUT2D eigenvalue weighted by Crippen LogP contribution is 2.31. The Hall–Kier alpha value is -2.31. The van der Waals surface area contributed by atoms with Gasteiger partial charge in [-0.2, -0.15) is 0 Å².